The van der Waals surface area contributed by atoms with E-state index in [1.807, 2.05) is 20.8 Å². The number of hydroxylamine groups is 8. The summed E-state index contributed by atoms with van der Waals surface area (Å²) in [6.45, 7) is 72.1. The fraction of sp³-hybridized carbons (Fsp3) is 0.909. The van der Waals surface area contributed by atoms with Crippen molar-refractivity contribution in [2.45, 2.75) is 372 Å². The Morgan fingerprint density at radius 2 is 0.608 bits per heavy atom. The van der Waals surface area contributed by atoms with Gasteiger partial charge in [-0.15, -0.1) is 19.7 Å². The topological polar surface area (TPSA) is 64.9 Å². The summed E-state index contributed by atoms with van der Waals surface area (Å²) in [5.74, 6) is 2.32. The number of piperidine rings is 4. The fourth-order valence-corrected chi connectivity index (χ4v) is 11.8. The standard InChI is InChI=1S/C19H39NO.C16H33NO.C13H27NO.C9H19NO.3C3H6/c1-9-15(2)13-16(3)14-17(4)21-20-18(5,6)11-10-12-19(20,7)8;1-8-13(2)12-14(3)18-17-15(4,5)10-9-11-16(17,6)7;1-7-11(2)15-14-12(3,4)9-8-10-13(14,5)6;1-8(2)6-5-7-9(3,4)10(8)11;3*1-3-2/h15-17H,9-14H2,1-8H3;13-14H,8-12H2,1-7H3;11H,7-10H2,1-6H3;10H,5-7H2,1-4H3;3*3H,1H2,2H3/t15?,16?,17-;13?,14-;11-;;;;/m111..../s1. The molecule has 4 rings (SSSR count). The van der Waals surface area contributed by atoms with E-state index >= 15 is 0 Å². The molecule has 8 nitrogen and oxygen atoms in total. The quantitative estimate of drug-likeness (QED) is 0.129. The number of nitrogens with zero attached hydrogens (tertiary/aromatic N) is 3. The first-order valence-corrected chi connectivity index (χ1v) is 30.3. The Bertz CT molecular complexity index is 1390. The van der Waals surface area contributed by atoms with Crippen LogP contribution < -0.4 is 5.06 Å². The Morgan fingerprint density at radius 1 is 0.392 bits per heavy atom. The molecule has 4 saturated heterocycles. The smallest absolute Gasteiger partial charge is 0.0921 e. The highest BCUT2D eigenvalue weighted by Crippen LogP contribution is 2.42. The van der Waals surface area contributed by atoms with Crippen LogP contribution in [0.4, 0.5) is 0 Å². The monoisotopic (exact) mass is 1050 g/mol. The number of quaternary nitrogens is 1. The Kier molecular flexibility index (Phi) is 37.0. The number of hydrogen-bond donors (Lipinski definition) is 1. The van der Waals surface area contributed by atoms with E-state index < -0.39 is 0 Å². The van der Waals surface area contributed by atoms with E-state index in [2.05, 4.69) is 208 Å². The maximum atomic E-state index is 11.8. The average Bonchev–Trinajstić information content (AvgIpc) is 3.25. The summed E-state index contributed by atoms with van der Waals surface area (Å²) in [7, 11) is 0. The molecule has 0 saturated carbocycles. The van der Waals surface area contributed by atoms with Crippen LogP contribution in [-0.2, 0) is 14.5 Å². The normalized spacial score (nSPS) is 24.6. The molecule has 1 N–H and O–H groups in total. The number of nitrogens with one attached hydrogen (secondary N) is 1. The van der Waals surface area contributed by atoms with Crippen molar-refractivity contribution in [2.24, 2.45) is 17.8 Å². The van der Waals surface area contributed by atoms with Crippen molar-refractivity contribution in [2.75, 3.05) is 0 Å². The molecule has 3 unspecified atom stereocenters. The highest BCUT2D eigenvalue weighted by atomic mass is 16.7. The first-order valence-electron chi connectivity index (χ1n) is 30.3. The van der Waals surface area contributed by atoms with Gasteiger partial charge >= 0.3 is 0 Å². The van der Waals surface area contributed by atoms with Crippen LogP contribution in [0.3, 0.4) is 0 Å². The number of hydrogen-bond acceptors (Lipinski definition) is 7. The zero-order valence-corrected chi connectivity index (χ0v) is 55.5. The van der Waals surface area contributed by atoms with Crippen molar-refractivity contribution >= 4 is 0 Å². The minimum atomic E-state index is -0.0677. The van der Waals surface area contributed by atoms with Gasteiger partial charge in [-0.1, -0.05) is 72.6 Å². The van der Waals surface area contributed by atoms with E-state index in [1.165, 1.54) is 83.5 Å². The molecule has 8 heteroatoms. The third kappa shape index (κ3) is 29.2. The maximum absolute atomic E-state index is 11.8. The second-order valence-corrected chi connectivity index (χ2v) is 28.5. The summed E-state index contributed by atoms with van der Waals surface area (Å²) in [5.41, 5.74) is 0.822. The van der Waals surface area contributed by atoms with Crippen LogP contribution in [0.1, 0.15) is 309 Å². The van der Waals surface area contributed by atoms with Crippen molar-refractivity contribution in [3.8, 4) is 0 Å². The lowest BCUT2D eigenvalue weighted by molar-refractivity contribution is -0.955. The first kappa shape index (κ1) is 77.1. The van der Waals surface area contributed by atoms with Gasteiger partial charge in [0.15, 0.2) is 0 Å². The lowest BCUT2D eigenvalue weighted by Crippen LogP contribution is -3.22. The molecule has 0 spiro atoms. The second-order valence-electron chi connectivity index (χ2n) is 28.5. The van der Waals surface area contributed by atoms with E-state index in [1.54, 1.807) is 18.2 Å². The SMILES string of the molecule is C=CC.C=CC.C=CC.CC1(C)CCCC(C)(C)[NH+]1[O-].CCC(C)CC(C)C[C@@H](C)ON1C(C)(C)CCCC1(C)C.CCC(C)C[C@@H](C)ON1C(C)(C)CCCC1(C)C.CC[C@@H](C)ON1C(C)(C)CCCC1(C)C. The molecular weight excluding hydrogens is 913 g/mol. The molecule has 74 heavy (non-hydrogen) atoms. The van der Waals surface area contributed by atoms with Crippen LogP contribution >= 0.6 is 0 Å². The van der Waals surface area contributed by atoms with Gasteiger partial charge in [0.25, 0.3) is 0 Å². The summed E-state index contributed by atoms with van der Waals surface area (Å²) in [6, 6.07) is 0. The van der Waals surface area contributed by atoms with Crippen molar-refractivity contribution in [3.05, 3.63) is 43.2 Å². The summed E-state index contributed by atoms with van der Waals surface area (Å²) in [4.78, 5) is 18.9. The molecule has 4 aliphatic rings. The van der Waals surface area contributed by atoms with Crippen LogP contribution in [0.5, 0.6) is 0 Å². The van der Waals surface area contributed by atoms with Gasteiger partial charge in [-0.25, -0.2) is 0 Å². The van der Waals surface area contributed by atoms with Gasteiger partial charge in [0.05, 0.1) is 29.4 Å². The lowest BCUT2D eigenvalue weighted by Gasteiger charge is -2.52. The maximum Gasteiger partial charge on any atom is 0.0921 e. The molecular formula is C66H136N4O4. The van der Waals surface area contributed by atoms with Crippen LogP contribution in [0.2, 0.25) is 0 Å². The van der Waals surface area contributed by atoms with Crippen molar-refractivity contribution in [1.82, 2.24) is 15.2 Å². The van der Waals surface area contributed by atoms with E-state index in [9.17, 15) is 5.21 Å². The zero-order valence-electron chi connectivity index (χ0n) is 55.5. The predicted molar refractivity (Wildman–Crippen MR) is 329 cm³/mol. The summed E-state index contributed by atoms with van der Waals surface area (Å²) in [5, 5.41) is 19.1. The summed E-state index contributed by atoms with van der Waals surface area (Å²) >= 11 is 0. The molecule has 0 aromatic rings. The van der Waals surface area contributed by atoms with Crippen LogP contribution in [0.15, 0.2) is 38.0 Å². The fourth-order valence-electron chi connectivity index (χ4n) is 11.8. The van der Waals surface area contributed by atoms with Gasteiger partial charge in [0, 0.05) is 46.1 Å². The van der Waals surface area contributed by atoms with E-state index in [-0.39, 0.29) is 44.3 Å². The largest absolute Gasteiger partial charge is 0.634 e. The zero-order chi connectivity index (χ0) is 58.7. The lowest BCUT2D eigenvalue weighted by atomic mass is 9.82. The molecule has 0 aromatic heterocycles. The number of rotatable bonds is 15. The highest BCUT2D eigenvalue weighted by molar-refractivity contribution is 4.95. The second kappa shape index (κ2) is 35.5. The molecule has 4 fully saturated rings. The molecule has 0 bridgehead atoms. The Labute approximate surface area is 465 Å². The molecule has 4 heterocycles. The molecule has 0 amide bonds. The van der Waals surface area contributed by atoms with E-state index in [0.717, 1.165) is 49.9 Å². The molecule has 444 valence electrons. The van der Waals surface area contributed by atoms with Crippen LogP contribution in [0, 0.1) is 23.0 Å². The first-order chi connectivity index (χ1) is 33.7. The summed E-state index contributed by atoms with van der Waals surface area (Å²) < 4.78 is 0. The highest BCUT2D eigenvalue weighted by Gasteiger charge is 2.46. The van der Waals surface area contributed by atoms with Crippen LogP contribution in [-0.4, -0.2) is 77.8 Å². The van der Waals surface area contributed by atoms with Gasteiger partial charge < -0.3 is 10.3 Å². The average molecular weight is 1050 g/mol. The van der Waals surface area contributed by atoms with Gasteiger partial charge in [-0.2, -0.15) is 15.2 Å². The summed E-state index contributed by atoms with van der Waals surface area (Å²) in [6.07, 6.45) is 28.0. The molecule has 0 aromatic carbocycles. The Balaban J connectivity index is -0.000000874. The molecule has 6 atom stereocenters. The minimum Gasteiger partial charge on any atom is -0.634 e. The molecule has 4 aliphatic heterocycles. The van der Waals surface area contributed by atoms with Crippen LogP contribution in [0.25, 0.3) is 0 Å². The van der Waals surface area contributed by atoms with Gasteiger partial charge in [-0.05, 0) is 260 Å². The van der Waals surface area contributed by atoms with Crippen molar-refractivity contribution in [3.63, 3.8) is 0 Å². The molecule has 0 aliphatic carbocycles. The number of allylic oxidation sites excluding steroid dienone is 3. The Morgan fingerprint density at radius 3 is 0.838 bits per heavy atom. The van der Waals surface area contributed by atoms with Gasteiger partial charge in [0.2, 0.25) is 0 Å². The third-order valence-corrected chi connectivity index (χ3v) is 16.0. The third-order valence-electron chi connectivity index (χ3n) is 16.0. The van der Waals surface area contributed by atoms with Gasteiger partial charge in [0.1, 0.15) is 0 Å². The molecule has 0 radical (unpaired) electrons. The van der Waals surface area contributed by atoms with Crippen molar-refractivity contribution in [1.29, 1.82) is 0 Å². The predicted octanol–water partition coefficient (Wildman–Crippen LogP) is 19.0. The van der Waals surface area contributed by atoms with Gasteiger partial charge in [-0.3, -0.25) is 14.5 Å². The Hall–Kier alpha value is -1.10. The minimum absolute atomic E-state index is 0.0677. The van der Waals surface area contributed by atoms with Crippen molar-refractivity contribution < 1.29 is 19.6 Å². The van der Waals surface area contributed by atoms with E-state index in [4.69, 9.17) is 14.5 Å². The van der Waals surface area contributed by atoms with E-state index in [0.29, 0.717) is 23.4 Å².